The molecule has 0 aromatic carbocycles. The predicted molar refractivity (Wildman–Crippen MR) is 56.4 cm³/mol. The third kappa shape index (κ3) is 2.71. The van der Waals surface area contributed by atoms with E-state index < -0.39 is 0 Å². The van der Waals surface area contributed by atoms with Crippen molar-refractivity contribution in [3.05, 3.63) is 16.8 Å². The van der Waals surface area contributed by atoms with Crippen LogP contribution in [0.3, 0.4) is 0 Å². The molecular formula is C10H15NOS. The molecule has 3 heteroatoms. The Hall–Kier alpha value is -0.540. The first-order valence-electron chi connectivity index (χ1n) is 4.79. The maximum absolute atomic E-state index is 5.41. The van der Waals surface area contributed by atoms with Gasteiger partial charge in [-0.1, -0.05) is 0 Å². The molecule has 0 radical (unpaired) electrons. The van der Waals surface area contributed by atoms with E-state index in [9.17, 15) is 0 Å². The summed E-state index contributed by atoms with van der Waals surface area (Å²) in [5, 5.41) is 7.66. The lowest BCUT2D eigenvalue weighted by Gasteiger charge is -2.22. The van der Waals surface area contributed by atoms with Gasteiger partial charge in [0.1, 0.15) is 0 Å². The van der Waals surface area contributed by atoms with Crippen LogP contribution in [0.2, 0.25) is 0 Å². The van der Waals surface area contributed by atoms with Gasteiger partial charge in [0.15, 0.2) is 0 Å². The highest BCUT2D eigenvalue weighted by atomic mass is 32.1. The molecule has 1 saturated heterocycles. The predicted octanol–water partition coefficient (Wildman–Crippen LogP) is 2.59. The Morgan fingerprint density at radius 1 is 1.62 bits per heavy atom. The molecule has 0 amide bonds. The second-order valence-electron chi connectivity index (χ2n) is 3.48. The van der Waals surface area contributed by atoms with Gasteiger partial charge in [0.25, 0.3) is 0 Å². The van der Waals surface area contributed by atoms with Crippen LogP contribution >= 0.6 is 11.3 Å². The summed E-state index contributed by atoms with van der Waals surface area (Å²) in [6, 6.07) is 2.12. The van der Waals surface area contributed by atoms with E-state index in [1.165, 1.54) is 18.5 Å². The number of hydrogen-bond acceptors (Lipinski definition) is 3. The molecule has 0 aliphatic carbocycles. The van der Waals surface area contributed by atoms with E-state index in [-0.39, 0.29) is 0 Å². The van der Waals surface area contributed by atoms with Crippen LogP contribution < -0.4 is 5.32 Å². The van der Waals surface area contributed by atoms with Crippen LogP contribution in [-0.4, -0.2) is 19.8 Å². The summed E-state index contributed by atoms with van der Waals surface area (Å²) in [4.78, 5) is 0. The molecule has 2 heterocycles. The second-order valence-corrected chi connectivity index (χ2v) is 4.26. The minimum absolute atomic E-state index is 0.702. The van der Waals surface area contributed by atoms with Gasteiger partial charge in [-0.05, 0) is 30.2 Å². The summed E-state index contributed by atoms with van der Waals surface area (Å²) >= 11 is 1.73. The Labute approximate surface area is 82.9 Å². The van der Waals surface area contributed by atoms with E-state index in [0.29, 0.717) is 5.92 Å². The van der Waals surface area contributed by atoms with Crippen LogP contribution in [0.15, 0.2) is 16.8 Å². The summed E-state index contributed by atoms with van der Waals surface area (Å²) in [6.45, 7) is 2.93. The van der Waals surface area contributed by atoms with Crippen molar-refractivity contribution in [1.29, 1.82) is 0 Å². The Morgan fingerprint density at radius 2 is 2.62 bits per heavy atom. The number of hydrogen-bond donors (Lipinski definition) is 1. The van der Waals surface area contributed by atoms with Crippen molar-refractivity contribution in [3.63, 3.8) is 0 Å². The topological polar surface area (TPSA) is 21.3 Å². The summed E-state index contributed by atoms with van der Waals surface area (Å²) in [7, 11) is 0. The largest absolute Gasteiger partial charge is 0.384 e. The molecule has 2 rings (SSSR count). The Kier molecular flexibility index (Phi) is 3.22. The van der Waals surface area contributed by atoms with E-state index in [0.717, 1.165) is 19.8 Å². The lowest BCUT2D eigenvalue weighted by Crippen LogP contribution is -2.24. The van der Waals surface area contributed by atoms with Crippen molar-refractivity contribution in [2.75, 3.05) is 25.1 Å². The van der Waals surface area contributed by atoms with Crippen LogP contribution in [0.4, 0.5) is 5.69 Å². The summed E-state index contributed by atoms with van der Waals surface area (Å²) in [6.07, 6.45) is 2.52. The quantitative estimate of drug-likeness (QED) is 0.804. The molecule has 1 N–H and O–H groups in total. The maximum atomic E-state index is 5.41. The lowest BCUT2D eigenvalue weighted by molar-refractivity contribution is 0.0595. The van der Waals surface area contributed by atoms with Gasteiger partial charge in [-0.2, -0.15) is 11.3 Å². The van der Waals surface area contributed by atoms with Crippen molar-refractivity contribution in [2.24, 2.45) is 5.92 Å². The lowest BCUT2D eigenvalue weighted by atomic mass is 10.0. The first-order valence-corrected chi connectivity index (χ1v) is 5.73. The van der Waals surface area contributed by atoms with E-state index in [2.05, 4.69) is 22.1 Å². The zero-order valence-corrected chi connectivity index (χ0v) is 8.48. The van der Waals surface area contributed by atoms with Crippen LogP contribution in [-0.2, 0) is 4.74 Å². The Morgan fingerprint density at radius 3 is 3.31 bits per heavy atom. The number of rotatable bonds is 3. The van der Waals surface area contributed by atoms with Gasteiger partial charge in [-0.3, -0.25) is 0 Å². The number of anilines is 1. The van der Waals surface area contributed by atoms with Gasteiger partial charge in [-0.25, -0.2) is 0 Å². The van der Waals surface area contributed by atoms with Crippen molar-refractivity contribution in [1.82, 2.24) is 0 Å². The molecule has 13 heavy (non-hydrogen) atoms. The standard InChI is InChI=1S/C10H15NOS/c1-2-9(7-12-4-1)6-11-10-3-5-13-8-10/h3,5,8-9,11H,1-2,4,6-7H2. The van der Waals surface area contributed by atoms with Gasteiger partial charge in [0.2, 0.25) is 0 Å². The van der Waals surface area contributed by atoms with Crippen LogP contribution in [0.5, 0.6) is 0 Å². The number of ether oxygens (including phenoxy) is 1. The van der Waals surface area contributed by atoms with Crippen LogP contribution in [0.1, 0.15) is 12.8 Å². The molecule has 2 nitrogen and oxygen atoms in total. The fourth-order valence-corrected chi connectivity index (χ4v) is 2.21. The van der Waals surface area contributed by atoms with Gasteiger partial charge in [-0.15, -0.1) is 0 Å². The Bertz CT molecular complexity index is 229. The minimum atomic E-state index is 0.702. The smallest absolute Gasteiger partial charge is 0.0511 e. The SMILES string of the molecule is c1cc(NCC2CCCOC2)cs1. The van der Waals surface area contributed by atoms with Gasteiger partial charge < -0.3 is 10.1 Å². The highest BCUT2D eigenvalue weighted by Gasteiger charge is 2.12. The fraction of sp³-hybridized carbons (Fsp3) is 0.600. The first kappa shape index (κ1) is 9.03. The Balaban J connectivity index is 1.72. The summed E-state index contributed by atoms with van der Waals surface area (Å²) < 4.78 is 5.41. The maximum Gasteiger partial charge on any atom is 0.0511 e. The minimum Gasteiger partial charge on any atom is -0.384 e. The molecule has 1 fully saturated rings. The second kappa shape index (κ2) is 4.63. The molecular weight excluding hydrogens is 182 g/mol. The van der Waals surface area contributed by atoms with E-state index in [1.807, 2.05) is 0 Å². The highest BCUT2D eigenvalue weighted by Crippen LogP contribution is 2.16. The van der Waals surface area contributed by atoms with Gasteiger partial charge >= 0.3 is 0 Å². The average molecular weight is 197 g/mol. The zero-order valence-electron chi connectivity index (χ0n) is 7.66. The number of thiophene rings is 1. The zero-order chi connectivity index (χ0) is 8.93. The third-order valence-corrected chi connectivity index (χ3v) is 3.05. The van der Waals surface area contributed by atoms with Crippen molar-refractivity contribution in [3.8, 4) is 0 Å². The molecule has 0 bridgehead atoms. The molecule has 1 aromatic heterocycles. The van der Waals surface area contributed by atoms with Crippen molar-refractivity contribution >= 4 is 17.0 Å². The van der Waals surface area contributed by atoms with E-state index in [1.54, 1.807) is 11.3 Å². The van der Waals surface area contributed by atoms with E-state index in [4.69, 9.17) is 4.74 Å². The summed E-state index contributed by atoms with van der Waals surface area (Å²) in [5.74, 6) is 0.702. The van der Waals surface area contributed by atoms with Crippen molar-refractivity contribution < 1.29 is 4.74 Å². The first-order chi connectivity index (χ1) is 6.45. The molecule has 0 spiro atoms. The third-order valence-electron chi connectivity index (χ3n) is 2.37. The molecule has 72 valence electrons. The van der Waals surface area contributed by atoms with Gasteiger partial charge in [0.05, 0.1) is 6.61 Å². The molecule has 1 unspecified atom stereocenters. The molecule has 1 aromatic rings. The van der Waals surface area contributed by atoms with Crippen molar-refractivity contribution in [2.45, 2.75) is 12.8 Å². The molecule has 1 aliphatic rings. The molecule has 1 aliphatic heterocycles. The monoisotopic (exact) mass is 197 g/mol. The van der Waals surface area contributed by atoms with E-state index >= 15 is 0 Å². The molecule has 0 saturated carbocycles. The van der Waals surface area contributed by atoms with Crippen LogP contribution in [0, 0.1) is 5.92 Å². The van der Waals surface area contributed by atoms with Gasteiger partial charge in [0, 0.05) is 24.2 Å². The molecule has 1 atom stereocenters. The van der Waals surface area contributed by atoms with Crippen LogP contribution in [0.25, 0.3) is 0 Å². The fourth-order valence-electron chi connectivity index (χ4n) is 1.60. The normalized spacial score (nSPS) is 22.9. The summed E-state index contributed by atoms with van der Waals surface area (Å²) in [5.41, 5.74) is 1.25. The number of nitrogens with one attached hydrogen (secondary N) is 1. The average Bonchev–Trinajstić information content (AvgIpc) is 2.69. The highest BCUT2D eigenvalue weighted by molar-refractivity contribution is 7.08.